The first kappa shape index (κ1) is 25.1. The molecule has 160 valence electrons. The zero-order valence-electron chi connectivity index (χ0n) is 17.4. The molecular weight excluding hydrogens is 467 g/mol. The summed E-state index contributed by atoms with van der Waals surface area (Å²) in [6, 6.07) is 8.63. The van der Waals surface area contributed by atoms with Gasteiger partial charge in [0.05, 0.1) is 13.2 Å². The minimum Gasteiger partial charge on any atom is -0.381 e. The van der Waals surface area contributed by atoms with E-state index >= 15 is 0 Å². The van der Waals surface area contributed by atoms with Crippen molar-refractivity contribution in [2.75, 3.05) is 53.1 Å². The molecule has 1 aliphatic heterocycles. The molecule has 1 fully saturated rings. The van der Waals surface area contributed by atoms with Gasteiger partial charge in [-0.05, 0) is 24.0 Å². The Labute approximate surface area is 187 Å². The maximum atomic E-state index is 5.59. The van der Waals surface area contributed by atoms with Crippen LogP contribution in [0, 0.1) is 0 Å². The van der Waals surface area contributed by atoms with Crippen LogP contribution in [0.4, 0.5) is 0 Å². The van der Waals surface area contributed by atoms with Crippen molar-refractivity contribution in [2.45, 2.75) is 39.3 Å². The van der Waals surface area contributed by atoms with Crippen LogP contribution in [0.15, 0.2) is 29.3 Å². The van der Waals surface area contributed by atoms with E-state index in [4.69, 9.17) is 9.47 Å². The molecule has 0 spiro atoms. The number of unbranched alkanes of at least 4 members (excludes halogenated alkanes) is 1. The van der Waals surface area contributed by atoms with Crippen molar-refractivity contribution in [1.29, 1.82) is 0 Å². The number of nitrogens with zero attached hydrogens (tertiary/aromatic N) is 2. The van der Waals surface area contributed by atoms with Gasteiger partial charge in [0.15, 0.2) is 5.96 Å². The molecule has 2 rings (SSSR count). The van der Waals surface area contributed by atoms with Crippen LogP contribution in [-0.2, 0) is 22.6 Å². The van der Waals surface area contributed by atoms with Crippen LogP contribution in [0.25, 0.3) is 0 Å². The summed E-state index contributed by atoms with van der Waals surface area (Å²) < 4.78 is 11.0. The zero-order valence-corrected chi connectivity index (χ0v) is 19.7. The SMILES string of the molecule is CCCCOCCCNC(=NC)NCc1ccccc1CN1CCOCC1.I. The fraction of sp³-hybridized carbons (Fsp3) is 0.667. The molecule has 0 atom stereocenters. The van der Waals surface area contributed by atoms with Crippen LogP contribution in [0.5, 0.6) is 0 Å². The smallest absolute Gasteiger partial charge is 0.191 e. The monoisotopic (exact) mass is 504 g/mol. The molecule has 0 aliphatic carbocycles. The Bertz CT molecular complexity index is 551. The second-order valence-corrected chi connectivity index (χ2v) is 6.83. The van der Waals surface area contributed by atoms with Crippen molar-refractivity contribution in [3.05, 3.63) is 35.4 Å². The molecule has 7 heteroatoms. The van der Waals surface area contributed by atoms with Crippen LogP contribution in [0.3, 0.4) is 0 Å². The van der Waals surface area contributed by atoms with Gasteiger partial charge in [-0.1, -0.05) is 37.6 Å². The third kappa shape index (κ3) is 10.0. The molecule has 0 radical (unpaired) electrons. The van der Waals surface area contributed by atoms with Gasteiger partial charge < -0.3 is 20.1 Å². The lowest BCUT2D eigenvalue weighted by molar-refractivity contribution is 0.0341. The molecular formula is C21H37IN4O2. The summed E-state index contributed by atoms with van der Waals surface area (Å²) in [5.41, 5.74) is 2.68. The van der Waals surface area contributed by atoms with Gasteiger partial charge in [-0.25, -0.2) is 0 Å². The fourth-order valence-electron chi connectivity index (χ4n) is 3.01. The third-order valence-electron chi connectivity index (χ3n) is 4.69. The second-order valence-electron chi connectivity index (χ2n) is 6.83. The van der Waals surface area contributed by atoms with E-state index in [0.29, 0.717) is 0 Å². The number of ether oxygens (including phenoxy) is 2. The minimum atomic E-state index is 0. The molecule has 0 saturated carbocycles. The molecule has 0 unspecified atom stereocenters. The Hall–Kier alpha value is -0.900. The van der Waals surface area contributed by atoms with Crippen LogP contribution in [0.2, 0.25) is 0 Å². The standard InChI is InChI=1S/C21H36N4O2.HI/c1-3-4-13-26-14-7-10-23-21(22-2)24-17-19-8-5-6-9-20(19)18-25-11-15-27-16-12-25;/h5-6,8-9H,3-4,7,10-18H2,1-2H3,(H2,22,23,24);1H. The van der Waals surface area contributed by atoms with Gasteiger partial charge in [0.2, 0.25) is 0 Å². The number of morpholine rings is 1. The average Bonchev–Trinajstić information content (AvgIpc) is 2.71. The van der Waals surface area contributed by atoms with Gasteiger partial charge in [0.1, 0.15) is 0 Å². The minimum absolute atomic E-state index is 0. The highest BCUT2D eigenvalue weighted by Crippen LogP contribution is 2.13. The number of rotatable bonds is 11. The largest absolute Gasteiger partial charge is 0.381 e. The summed E-state index contributed by atoms with van der Waals surface area (Å²) in [5.74, 6) is 0.838. The first-order chi connectivity index (χ1) is 13.3. The summed E-state index contributed by atoms with van der Waals surface area (Å²) in [4.78, 5) is 6.77. The highest BCUT2D eigenvalue weighted by Gasteiger charge is 2.12. The lowest BCUT2D eigenvalue weighted by Crippen LogP contribution is -2.38. The Morgan fingerprint density at radius 1 is 1.11 bits per heavy atom. The number of benzene rings is 1. The predicted octanol–water partition coefficient (Wildman–Crippen LogP) is 3.01. The Kier molecular flexibility index (Phi) is 14.3. The van der Waals surface area contributed by atoms with E-state index in [1.54, 1.807) is 0 Å². The quantitative estimate of drug-likeness (QED) is 0.210. The van der Waals surface area contributed by atoms with E-state index in [0.717, 1.165) is 78.0 Å². The summed E-state index contributed by atoms with van der Waals surface area (Å²) >= 11 is 0. The first-order valence-corrected chi connectivity index (χ1v) is 10.2. The van der Waals surface area contributed by atoms with Crippen LogP contribution < -0.4 is 10.6 Å². The average molecular weight is 504 g/mol. The van der Waals surface area contributed by atoms with Crippen molar-refractivity contribution in [1.82, 2.24) is 15.5 Å². The third-order valence-corrected chi connectivity index (χ3v) is 4.69. The van der Waals surface area contributed by atoms with Crippen molar-refractivity contribution in [2.24, 2.45) is 4.99 Å². The number of hydrogen-bond acceptors (Lipinski definition) is 4. The molecule has 0 aromatic heterocycles. The molecule has 1 saturated heterocycles. The number of halogens is 1. The molecule has 1 aliphatic rings. The van der Waals surface area contributed by atoms with Crippen molar-refractivity contribution >= 4 is 29.9 Å². The maximum Gasteiger partial charge on any atom is 0.191 e. The Balaban J connectivity index is 0.00000392. The van der Waals surface area contributed by atoms with Crippen molar-refractivity contribution in [3.8, 4) is 0 Å². The molecule has 0 bridgehead atoms. The van der Waals surface area contributed by atoms with E-state index in [2.05, 4.69) is 51.7 Å². The number of nitrogens with one attached hydrogen (secondary N) is 2. The zero-order chi connectivity index (χ0) is 19.2. The molecule has 28 heavy (non-hydrogen) atoms. The number of guanidine groups is 1. The van der Waals surface area contributed by atoms with Gasteiger partial charge in [0.25, 0.3) is 0 Å². The van der Waals surface area contributed by atoms with Crippen molar-refractivity contribution in [3.63, 3.8) is 0 Å². The molecule has 2 N–H and O–H groups in total. The van der Waals surface area contributed by atoms with Crippen LogP contribution in [-0.4, -0.2) is 64.0 Å². The first-order valence-electron chi connectivity index (χ1n) is 10.2. The van der Waals surface area contributed by atoms with Crippen LogP contribution >= 0.6 is 24.0 Å². The summed E-state index contributed by atoms with van der Waals surface area (Å²) in [6.45, 7) is 10.1. The molecule has 1 aromatic rings. The molecule has 0 amide bonds. The predicted molar refractivity (Wildman–Crippen MR) is 126 cm³/mol. The normalized spacial score (nSPS) is 15.1. The van der Waals surface area contributed by atoms with Crippen molar-refractivity contribution < 1.29 is 9.47 Å². The highest BCUT2D eigenvalue weighted by molar-refractivity contribution is 14.0. The maximum absolute atomic E-state index is 5.59. The topological polar surface area (TPSA) is 58.1 Å². The van der Waals surface area contributed by atoms with E-state index in [9.17, 15) is 0 Å². The number of aliphatic imine (C=N–C) groups is 1. The second kappa shape index (κ2) is 16.0. The number of hydrogen-bond donors (Lipinski definition) is 2. The molecule has 1 aromatic carbocycles. The van der Waals surface area contributed by atoms with E-state index < -0.39 is 0 Å². The highest BCUT2D eigenvalue weighted by atomic mass is 127. The van der Waals surface area contributed by atoms with Gasteiger partial charge in [0, 0.05) is 53.0 Å². The van der Waals surface area contributed by atoms with Gasteiger partial charge >= 0.3 is 0 Å². The lowest BCUT2D eigenvalue weighted by atomic mass is 10.1. The lowest BCUT2D eigenvalue weighted by Gasteiger charge is -2.27. The molecule has 6 nitrogen and oxygen atoms in total. The summed E-state index contributed by atoms with van der Waals surface area (Å²) in [7, 11) is 1.81. The van der Waals surface area contributed by atoms with Crippen LogP contribution in [0.1, 0.15) is 37.3 Å². The Morgan fingerprint density at radius 2 is 1.82 bits per heavy atom. The van der Waals surface area contributed by atoms with Gasteiger partial charge in [-0.3, -0.25) is 9.89 Å². The fourth-order valence-corrected chi connectivity index (χ4v) is 3.01. The van der Waals surface area contributed by atoms with E-state index in [-0.39, 0.29) is 24.0 Å². The molecule has 1 heterocycles. The Morgan fingerprint density at radius 3 is 2.54 bits per heavy atom. The summed E-state index contributed by atoms with van der Waals surface area (Å²) in [6.07, 6.45) is 3.31. The van der Waals surface area contributed by atoms with Gasteiger partial charge in [-0.2, -0.15) is 0 Å². The van der Waals surface area contributed by atoms with E-state index in [1.807, 2.05) is 7.05 Å². The van der Waals surface area contributed by atoms with E-state index in [1.165, 1.54) is 17.5 Å². The van der Waals surface area contributed by atoms with Gasteiger partial charge in [-0.15, -0.1) is 24.0 Å². The summed E-state index contributed by atoms with van der Waals surface area (Å²) in [5, 5.41) is 6.79.